The number of H-pyrrole nitrogens is 1. The Labute approximate surface area is 164 Å². The van der Waals surface area contributed by atoms with Crippen molar-refractivity contribution in [1.29, 1.82) is 0 Å². The highest BCUT2D eigenvalue weighted by Gasteiger charge is 2.24. The monoisotopic (exact) mass is 376 g/mol. The molecule has 1 fully saturated rings. The van der Waals surface area contributed by atoms with Gasteiger partial charge in [-0.2, -0.15) is 5.10 Å². The number of hydrogen-bond acceptors (Lipinski definition) is 4. The summed E-state index contributed by atoms with van der Waals surface area (Å²) in [5, 5.41) is 10.4. The number of aromatic nitrogens is 3. The molecule has 144 valence electrons. The van der Waals surface area contributed by atoms with Gasteiger partial charge in [0.2, 0.25) is 0 Å². The van der Waals surface area contributed by atoms with Gasteiger partial charge in [-0.3, -0.25) is 9.89 Å². The minimum atomic E-state index is -0.351. The summed E-state index contributed by atoms with van der Waals surface area (Å²) < 4.78 is 5.47. The number of carbonyl (C=O) groups is 1. The van der Waals surface area contributed by atoms with Gasteiger partial charge in [0.05, 0.1) is 0 Å². The fourth-order valence-electron chi connectivity index (χ4n) is 3.45. The first-order valence-electron chi connectivity index (χ1n) is 9.68. The van der Waals surface area contributed by atoms with Crippen LogP contribution in [0.3, 0.4) is 0 Å². The van der Waals surface area contributed by atoms with Gasteiger partial charge < -0.3 is 10.1 Å². The van der Waals surface area contributed by atoms with Crippen molar-refractivity contribution in [3.8, 4) is 11.4 Å². The molecule has 2 aromatic carbocycles. The molecule has 0 spiro atoms. The molecule has 0 saturated carbocycles. The van der Waals surface area contributed by atoms with Crippen molar-refractivity contribution >= 4 is 11.6 Å². The lowest BCUT2D eigenvalue weighted by atomic mass is 10.1. The Kier molecular flexibility index (Phi) is 5.48. The van der Waals surface area contributed by atoms with Gasteiger partial charge in [-0.15, -0.1) is 0 Å². The lowest BCUT2D eigenvalue weighted by molar-refractivity contribution is -0.124. The number of nitrogens with zero attached hydrogens (tertiary/aromatic N) is 2. The van der Waals surface area contributed by atoms with Crippen LogP contribution in [-0.4, -0.2) is 33.8 Å². The molecule has 6 heteroatoms. The third-order valence-corrected chi connectivity index (χ3v) is 5.08. The molecule has 4 rings (SSSR count). The Hall–Kier alpha value is -2.99. The number of carbonyl (C=O) groups excluding carboxylic acids is 1. The maximum Gasteiger partial charge on any atom is 0.253 e. The zero-order valence-corrected chi connectivity index (χ0v) is 15.9. The Morgan fingerprint density at radius 1 is 1.18 bits per heavy atom. The molecule has 2 heterocycles. The third kappa shape index (κ3) is 4.12. The zero-order valence-electron chi connectivity index (χ0n) is 15.9. The van der Waals surface area contributed by atoms with E-state index < -0.39 is 0 Å². The molecular weight excluding hydrogens is 352 g/mol. The van der Waals surface area contributed by atoms with Crippen LogP contribution in [0.2, 0.25) is 0 Å². The van der Waals surface area contributed by atoms with Crippen LogP contribution < -0.4 is 5.32 Å². The first-order chi connectivity index (χ1) is 13.7. The van der Waals surface area contributed by atoms with E-state index in [4.69, 9.17) is 4.74 Å². The molecule has 1 saturated heterocycles. The second-order valence-corrected chi connectivity index (χ2v) is 7.06. The molecule has 0 unspecified atom stereocenters. The molecule has 0 radical (unpaired) electrons. The molecule has 1 atom stereocenters. The average molecular weight is 376 g/mol. The predicted molar refractivity (Wildman–Crippen MR) is 108 cm³/mol. The van der Waals surface area contributed by atoms with Crippen LogP contribution in [0.15, 0.2) is 48.5 Å². The van der Waals surface area contributed by atoms with Gasteiger partial charge in [-0.25, -0.2) is 4.98 Å². The highest BCUT2D eigenvalue weighted by molar-refractivity contribution is 5.95. The van der Waals surface area contributed by atoms with Gasteiger partial charge >= 0.3 is 0 Å². The summed E-state index contributed by atoms with van der Waals surface area (Å²) in [5.41, 5.74) is 3.90. The van der Waals surface area contributed by atoms with Gasteiger partial charge in [-0.05, 0) is 43.4 Å². The van der Waals surface area contributed by atoms with E-state index in [1.807, 2.05) is 43.3 Å². The van der Waals surface area contributed by atoms with Crippen molar-refractivity contribution in [2.45, 2.75) is 38.7 Å². The van der Waals surface area contributed by atoms with E-state index in [1.54, 1.807) is 0 Å². The molecular formula is C22H24N4O2. The standard InChI is InChI=1S/C22H24N4O2/c1-15-17(9-5-10-18(15)23-22(27)19-11-6-14-28-19)21-24-20(25-26-21)13-12-16-7-3-2-4-8-16/h2-5,7-10,19H,6,11-14H2,1H3,(H,23,27)(H,24,25,26)/t19-/m0/s1. The Bertz CT molecular complexity index is 946. The largest absolute Gasteiger partial charge is 0.368 e. The number of amides is 1. The van der Waals surface area contributed by atoms with E-state index in [0.29, 0.717) is 12.4 Å². The van der Waals surface area contributed by atoms with Crippen molar-refractivity contribution in [1.82, 2.24) is 15.2 Å². The van der Waals surface area contributed by atoms with Crippen LogP contribution in [0.1, 0.15) is 29.8 Å². The zero-order chi connectivity index (χ0) is 19.3. The molecule has 1 amide bonds. The minimum Gasteiger partial charge on any atom is -0.368 e. The molecule has 6 nitrogen and oxygen atoms in total. The van der Waals surface area contributed by atoms with E-state index in [0.717, 1.165) is 48.3 Å². The highest BCUT2D eigenvalue weighted by Crippen LogP contribution is 2.27. The fourth-order valence-corrected chi connectivity index (χ4v) is 3.45. The minimum absolute atomic E-state index is 0.0868. The van der Waals surface area contributed by atoms with E-state index in [9.17, 15) is 4.79 Å². The predicted octanol–water partition coefficient (Wildman–Crippen LogP) is 3.68. The first-order valence-corrected chi connectivity index (χ1v) is 9.68. The lowest BCUT2D eigenvalue weighted by Gasteiger charge is -2.13. The molecule has 0 aliphatic carbocycles. The number of anilines is 1. The van der Waals surface area contributed by atoms with Crippen molar-refractivity contribution in [3.05, 3.63) is 65.5 Å². The molecule has 0 bridgehead atoms. The second kappa shape index (κ2) is 8.35. The van der Waals surface area contributed by atoms with Crippen molar-refractivity contribution < 1.29 is 9.53 Å². The Morgan fingerprint density at radius 2 is 2.04 bits per heavy atom. The van der Waals surface area contributed by atoms with Crippen LogP contribution in [0.5, 0.6) is 0 Å². The summed E-state index contributed by atoms with van der Waals surface area (Å²) in [5.74, 6) is 1.41. The normalized spacial score (nSPS) is 16.2. The summed E-state index contributed by atoms with van der Waals surface area (Å²) in [6, 6.07) is 16.1. The van der Waals surface area contributed by atoms with Gasteiger partial charge in [-0.1, -0.05) is 42.5 Å². The SMILES string of the molecule is Cc1c(NC(=O)[C@@H]2CCCO2)cccc1-c1n[nH]c(CCc2ccccc2)n1. The third-order valence-electron chi connectivity index (χ3n) is 5.08. The van der Waals surface area contributed by atoms with E-state index in [1.165, 1.54) is 5.56 Å². The Morgan fingerprint density at radius 3 is 2.82 bits per heavy atom. The van der Waals surface area contributed by atoms with Gasteiger partial charge in [0, 0.05) is 24.3 Å². The summed E-state index contributed by atoms with van der Waals surface area (Å²) in [7, 11) is 0. The molecule has 1 aliphatic heterocycles. The van der Waals surface area contributed by atoms with Gasteiger partial charge in [0.15, 0.2) is 5.82 Å². The topological polar surface area (TPSA) is 79.9 Å². The van der Waals surface area contributed by atoms with Crippen LogP contribution in [-0.2, 0) is 22.4 Å². The lowest BCUT2D eigenvalue weighted by Crippen LogP contribution is -2.27. The number of aryl methyl sites for hydroxylation is 2. The van der Waals surface area contributed by atoms with Crippen LogP contribution in [0.4, 0.5) is 5.69 Å². The maximum atomic E-state index is 12.4. The molecule has 2 N–H and O–H groups in total. The van der Waals surface area contributed by atoms with E-state index in [2.05, 4.69) is 32.6 Å². The molecule has 28 heavy (non-hydrogen) atoms. The highest BCUT2D eigenvalue weighted by atomic mass is 16.5. The van der Waals surface area contributed by atoms with Crippen molar-refractivity contribution in [2.24, 2.45) is 0 Å². The van der Waals surface area contributed by atoms with Crippen LogP contribution in [0.25, 0.3) is 11.4 Å². The number of ether oxygens (including phenoxy) is 1. The first kappa shape index (κ1) is 18.4. The quantitative estimate of drug-likeness (QED) is 0.688. The Balaban J connectivity index is 1.47. The summed E-state index contributed by atoms with van der Waals surface area (Å²) in [4.78, 5) is 17.0. The smallest absolute Gasteiger partial charge is 0.253 e. The van der Waals surface area contributed by atoms with Gasteiger partial charge in [0.25, 0.3) is 5.91 Å². The van der Waals surface area contributed by atoms with Gasteiger partial charge in [0.1, 0.15) is 11.9 Å². The van der Waals surface area contributed by atoms with Crippen molar-refractivity contribution in [2.75, 3.05) is 11.9 Å². The number of rotatable bonds is 6. The van der Waals surface area contributed by atoms with Crippen LogP contribution in [0, 0.1) is 6.92 Å². The number of hydrogen-bond donors (Lipinski definition) is 2. The number of nitrogens with one attached hydrogen (secondary N) is 2. The number of aromatic amines is 1. The summed E-state index contributed by atoms with van der Waals surface area (Å²) >= 11 is 0. The fraction of sp³-hybridized carbons (Fsp3) is 0.318. The molecule has 3 aromatic rings. The molecule has 1 aliphatic rings. The average Bonchev–Trinajstić information content (AvgIpc) is 3.41. The summed E-state index contributed by atoms with van der Waals surface area (Å²) in [6.45, 7) is 2.63. The van der Waals surface area contributed by atoms with Crippen molar-refractivity contribution in [3.63, 3.8) is 0 Å². The second-order valence-electron chi connectivity index (χ2n) is 7.06. The number of benzene rings is 2. The van der Waals surface area contributed by atoms with Crippen LogP contribution >= 0.6 is 0 Å². The van der Waals surface area contributed by atoms with E-state index >= 15 is 0 Å². The summed E-state index contributed by atoms with van der Waals surface area (Å²) in [6.07, 6.45) is 3.06. The molecule has 1 aromatic heterocycles. The van der Waals surface area contributed by atoms with E-state index in [-0.39, 0.29) is 12.0 Å². The maximum absolute atomic E-state index is 12.4.